The van der Waals surface area contributed by atoms with Crippen LogP contribution in [0.5, 0.6) is 0 Å². The Hall–Kier alpha value is -0.640. The molecule has 13 heavy (non-hydrogen) atoms. The molecular weight excluding hydrogens is 230 g/mol. The van der Waals surface area contributed by atoms with Crippen molar-refractivity contribution in [3.8, 4) is 0 Å². The fourth-order valence-corrected chi connectivity index (χ4v) is 2.62. The fraction of sp³-hybridized carbons (Fsp3) is 0.556. The number of rotatable bonds is 1. The standard InChI is InChI=1S/C9H10BrN3/c10-7-4-11-5-12-9(7)13-2-1-6-3-8(6)13/h4-6,8H,1-3H2. The zero-order chi connectivity index (χ0) is 8.84. The van der Waals surface area contributed by atoms with Crippen LogP contribution in [0.3, 0.4) is 0 Å². The molecule has 1 saturated heterocycles. The second-order valence-corrected chi connectivity index (χ2v) is 4.59. The van der Waals surface area contributed by atoms with Gasteiger partial charge in [-0.05, 0) is 34.7 Å². The summed E-state index contributed by atoms with van der Waals surface area (Å²) in [5.41, 5.74) is 0. The van der Waals surface area contributed by atoms with E-state index >= 15 is 0 Å². The number of hydrogen-bond acceptors (Lipinski definition) is 3. The average Bonchev–Trinajstić information content (AvgIpc) is 2.81. The number of anilines is 1. The Labute approximate surface area is 85.3 Å². The van der Waals surface area contributed by atoms with Crippen molar-refractivity contribution >= 4 is 21.7 Å². The maximum absolute atomic E-state index is 4.31. The van der Waals surface area contributed by atoms with Crippen LogP contribution in [0.2, 0.25) is 0 Å². The van der Waals surface area contributed by atoms with Gasteiger partial charge in [-0.2, -0.15) is 0 Å². The lowest BCUT2D eigenvalue weighted by Crippen LogP contribution is -2.23. The molecule has 0 aromatic carbocycles. The molecule has 1 aromatic heterocycles. The minimum Gasteiger partial charge on any atom is -0.352 e. The third-order valence-electron chi connectivity index (χ3n) is 2.95. The highest BCUT2D eigenvalue weighted by Crippen LogP contribution is 2.46. The van der Waals surface area contributed by atoms with Gasteiger partial charge in [-0.1, -0.05) is 0 Å². The summed E-state index contributed by atoms with van der Waals surface area (Å²) in [7, 11) is 0. The maximum Gasteiger partial charge on any atom is 0.146 e. The van der Waals surface area contributed by atoms with E-state index in [1.165, 1.54) is 12.8 Å². The van der Waals surface area contributed by atoms with Crippen LogP contribution in [0.15, 0.2) is 17.0 Å². The Balaban J connectivity index is 1.95. The Morgan fingerprint density at radius 1 is 1.54 bits per heavy atom. The van der Waals surface area contributed by atoms with Crippen molar-refractivity contribution in [1.82, 2.24) is 9.97 Å². The molecule has 0 radical (unpaired) electrons. The largest absolute Gasteiger partial charge is 0.352 e. The van der Waals surface area contributed by atoms with Crippen LogP contribution in [0, 0.1) is 5.92 Å². The van der Waals surface area contributed by atoms with Crippen molar-refractivity contribution in [1.29, 1.82) is 0 Å². The lowest BCUT2D eigenvalue weighted by Gasteiger charge is -2.19. The van der Waals surface area contributed by atoms with Gasteiger partial charge in [0.1, 0.15) is 12.1 Å². The predicted octanol–water partition coefficient (Wildman–Crippen LogP) is 1.84. The quantitative estimate of drug-likeness (QED) is 0.749. The van der Waals surface area contributed by atoms with Crippen LogP contribution in [0.25, 0.3) is 0 Å². The Morgan fingerprint density at radius 3 is 3.08 bits per heavy atom. The summed E-state index contributed by atoms with van der Waals surface area (Å²) in [6, 6.07) is 0.770. The molecule has 68 valence electrons. The van der Waals surface area contributed by atoms with E-state index in [0.29, 0.717) is 0 Å². The maximum atomic E-state index is 4.31. The van der Waals surface area contributed by atoms with E-state index < -0.39 is 0 Å². The lowest BCUT2D eigenvalue weighted by atomic mass is 10.3. The van der Waals surface area contributed by atoms with Gasteiger partial charge in [-0.25, -0.2) is 9.97 Å². The van der Waals surface area contributed by atoms with Crippen molar-refractivity contribution in [3.05, 3.63) is 17.0 Å². The Morgan fingerprint density at radius 2 is 2.46 bits per heavy atom. The van der Waals surface area contributed by atoms with Gasteiger partial charge in [0.15, 0.2) is 0 Å². The second kappa shape index (κ2) is 2.67. The molecule has 1 aromatic rings. The lowest BCUT2D eigenvalue weighted by molar-refractivity contribution is 0.789. The smallest absolute Gasteiger partial charge is 0.146 e. The first kappa shape index (κ1) is 7.74. The minimum absolute atomic E-state index is 0.770. The van der Waals surface area contributed by atoms with Gasteiger partial charge >= 0.3 is 0 Å². The SMILES string of the molecule is Brc1cncnc1N1CCC2CC21. The molecule has 1 aliphatic heterocycles. The van der Waals surface area contributed by atoms with Gasteiger partial charge in [0.2, 0.25) is 0 Å². The van der Waals surface area contributed by atoms with Gasteiger partial charge in [0.25, 0.3) is 0 Å². The van der Waals surface area contributed by atoms with Gasteiger partial charge in [0, 0.05) is 18.8 Å². The van der Waals surface area contributed by atoms with Gasteiger partial charge in [0.05, 0.1) is 4.47 Å². The van der Waals surface area contributed by atoms with Crippen LogP contribution < -0.4 is 4.90 Å². The molecule has 2 aliphatic rings. The average molecular weight is 240 g/mol. The van der Waals surface area contributed by atoms with Gasteiger partial charge in [-0.15, -0.1) is 0 Å². The topological polar surface area (TPSA) is 29.0 Å². The molecule has 1 saturated carbocycles. The summed E-state index contributed by atoms with van der Waals surface area (Å²) < 4.78 is 1.02. The van der Waals surface area contributed by atoms with E-state index in [9.17, 15) is 0 Å². The van der Waals surface area contributed by atoms with Crippen LogP contribution in [0.4, 0.5) is 5.82 Å². The Kier molecular flexibility index (Phi) is 1.59. The van der Waals surface area contributed by atoms with Crippen LogP contribution in [0.1, 0.15) is 12.8 Å². The van der Waals surface area contributed by atoms with E-state index in [2.05, 4.69) is 30.8 Å². The molecule has 0 N–H and O–H groups in total. The van der Waals surface area contributed by atoms with Gasteiger partial charge < -0.3 is 4.90 Å². The summed E-state index contributed by atoms with van der Waals surface area (Å²) in [6.45, 7) is 1.16. The van der Waals surface area contributed by atoms with Crippen LogP contribution >= 0.6 is 15.9 Å². The molecule has 2 fully saturated rings. The van der Waals surface area contributed by atoms with Crippen molar-refractivity contribution in [2.45, 2.75) is 18.9 Å². The molecular formula is C9H10BrN3. The molecule has 1 aliphatic carbocycles. The minimum atomic E-state index is 0.770. The number of halogens is 1. The molecule has 0 bridgehead atoms. The van der Waals surface area contributed by atoms with E-state index in [1.807, 2.05) is 6.20 Å². The first-order valence-corrected chi connectivity index (χ1v) is 5.37. The summed E-state index contributed by atoms with van der Waals surface area (Å²) in [4.78, 5) is 10.7. The van der Waals surface area contributed by atoms with Crippen molar-refractivity contribution in [3.63, 3.8) is 0 Å². The zero-order valence-electron chi connectivity index (χ0n) is 7.15. The highest BCUT2D eigenvalue weighted by atomic mass is 79.9. The van der Waals surface area contributed by atoms with E-state index in [-0.39, 0.29) is 0 Å². The fourth-order valence-electron chi connectivity index (χ4n) is 2.17. The summed E-state index contributed by atoms with van der Waals surface area (Å²) >= 11 is 3.49. The summed E-state index contributed by atoms with van der Waals surface area (Å²) in [5.74, 6) is 2.02. The van der Waals surface area contributed by atoms with Crippen molar-refractivity contribution in [2.24, 2.45) is 5.92 Å². The highest BCUT2D eigenvalue weighted by molar-refractivity contribution is 9.10. The number of piperidine rings is 1. The number of aromatic nitrogens is 2. The van der Waals surface area contributed by atoms with E-state index in [0.717, 1.165) is 28.8 Å². The molecule has 2 atom stereocenters. The predicted molar refractivity (Wildman–Crippen MR) is 53.6 cm³/mol. The number of nitrogens with zero attached hydrogens (tertiary/aromatic N) is 3. The van der Waals surface area contributed by atoms with E-state index in [4.69, 9.17) is 0 Å². The molecule has 3 nitrogen and oxygen atoms in total. The second-order valence-electron chi connectivity index (χ2n) is 3.74. The zero-order valence-corrected chi connectivity index (χ0v) is 8.74. The number of hydrogen-bond donors (Lipinski definition) is 0. The molecule has 0 amide bonds. The summed E-state index contributed by atoms with van der Waals surface area (Å²) in [6.07, 6.45) is 6.13. The van der Waals surface area contributed by atoms with Crippen molar-refractivity contribution in [2.75, 3.05) is 11.4 Å². The molecule has 0 spiro atoms. The molecule has 3 rings (SSSR count). The highest BCUT2D eigenvalue weighted by Gasteiger charge is 2.47. The first-order chi connectivity index (χ1) is 6.36. The summed E-state index contributed by atoms with van der Waals surface area (Å²) in [5, 5.41) is 0. The third-order valence-corrected chi connectivity index (χ3v) is 3.51. The van der Waals surface area contributed by atoms with Crippen LogP contribution in [-0.2, 0) is 0 Å². The first-order valence-electron chi connectivity index (χ1n) is 4.58. The van der Waals surface area contributed by atoms with Gasteiger partial charge in [-0.3, -0.25) is 0 Å². The van der Waals surface area contributed by atoms with Crippen molar-refractivity contribution < 1.29 is 0 Å². The third kappa shape index (κ3) is 1.15. The van der Waals surface area contributed by atoms with E-state index in [1.54, 1.807) is 6.33 Å². The number of fused-ring (bicyclic) bond motifs is 1. The monoisotopic (exact) mass is 239 g/mol. The van der Waals surface area contributed by atoms with Crippen LogP contribution in [-0.4, -0.2) is 22.6 Å². The molecule has 4 heteroatoms. The molecule has 2 unspecified atom stereocenters. The normalized spacial score (nSPS) is 30.4. The Bertz CT molecular complexity index is 341. The molecule has 2 heterocycles.